The summed E-state index contributed by atoms with van der Waals surface area (Å²) in [5, 5.41) is 2.01. The first-order chi connectivity index (χ1) is 7.36. The number of hydrogen-bond acceptors (Lipinski definition) is 2. The van der Waals surface area contributed by atoms with E-state index in [9.17, 15) is 0 Å². The molecule has 0 aliphatic heterocycles. The fraction of sp³-hybridized carbons (Fsp3) is 0. The molecule has 72 valence electrons. The van der Waals surface area contributed by atoms with Crippen molar-refractivity contribution in [2.75, 3.05) is 0 Å². The van der Waals surface area contributed by atoms with Gasteiger partial charge in [0, 0.05) is 10.8 Å². The molecule has 1 heterocycles. The molecule has 0 unspecified atom stereocenters. The average molecular weight is 212 g/mol. The molecule has 0 radical (unpaired) electrons. The fourth-order valence-electron chi connectivity index (χ4n) is 1.75. The molecule has 2 aromatic carbocycles. The van der Waals surface area contributed by atoms with E-state index in [-0.39, 0.29) is 0 Å². The molecular formula is C13H8OS. The molecule has 1 nitrogen and oxygen atoms in total. The molecule has 0 aliphatic carbocycles. The predicted octanol–water partition coefficient (Wildman–Crippen LogP) is 4.32. The van der Waals surface area contributed by atoms with Gasteiger partial charge in [-0.3, -0.25) is 0 Å². The van der Waals surface area contributed by atoms with Gasteiger partial charge in [0.1, 0.15) is 11.2 Å². The summed E-state index contributed by atoms with van der Waals surface area (Å²) in [6, 6.07) is 15.7. The smallest absolute Gasteiger partial charge is 0.136 e. The lowest BCUT2D eigenvalue weighted by molar-refractivity contribution is 0.660. The Morgan fingerprint density at radius 1 is 0.733 bits per heavy atom. The highest BCUT2D eigenvalue weighted by Crippen LogP contribution is 2.24. The van der Waals surface area contributed by atoms with Gasteiger partial charge < -0.3 is 4.42 Å². The van der Waals surface area contributed by atoms with Crippen molar-refractivity contribution in [2.24, 2.45) is 0 Å². The van der Waals surface area contributed by atoms with Crippen molar-refractivity contribution >= 4 is 34.2 Å². The summed E-state index contributed by atoms with van der Waals surface area (Å²) in [6.07, 6.45) is 0. The molecule has 0 saturated heterocycles. The first kappa shape index (κ1) is 8.62. The molecule has 0 bridgehead atoms. The summed E-state index contributed by atoms with van der Waals surface area (Å²) in [6.45, 7) is 0. The van der Waals surface area contributed by atoms with E-state index in [4.69, 9.17) is 16.6 Å². The molecule has 0 fully saturated rings. The summed E-state index contributed by atoms with van der Waals surface area (Å²) in [4.78, 5) is 0. The van der Waals surface area contributed by atoms with Gasteiger partial charge in [0.2, 0.25) is 0 Å². The van der Waals surface area contributed by atoms with Gasteiger partial charge in [-0.1, -0.05) is 36.5 Å². The van der Waals surface area contributed by atoms with E-state index in [2.05, 4.69) is 0 Å². The van der Waals surface area contributed by atoms with Crippen molar-refractivity contribution in [3.8, 4) is 0 Å². The van der Waals surface area contributed by atoms with Crippen LogP contribution in [0.15, 0.2) is 52.9 Å². The normalized spacial score (nSPS) is 10.9. The zero-order valence-corrected chi connectivity index (χ0v) is 8.75. The third-order valence-corrected chi connectivity index (χ3v) is 2.92. The number of para-hydroxylation sites is 2. The van der Waals surface area contributed by atoms with Crippen LogP contribution in [0.1, 0.15) is 0 Å². The van der Waals surface area contributed by atoms with Crippen LogP contribution in [0, 0.1) is 4.51 Å². The number of hydrogen-bond donors (Lipinski definition) is 0. The van der Waals surface area contributed by atoms with Gasteiger partial charge in [-0.25, -0.2) is 0 Å². The van der Waals surface area contributed by atoms with Crippen molar-refractivity contribution in [1.29, 1.82) is 0 Å². The maximum Gasteiger partial charge on any atom is 0.136 e. The Morgan fingerprint density at radius 2 is 1.20 bits per heavy atom. The second-order valence-electron chi connectivity index (χ2n) is 3.42. The minimum atomic E-state index is 0.848. The van der Waals surface area contributed by atoms with Crippen LogP contribution in [0.25, 0.3) is 21.9 Å². The Bertz CT molecular complexity index is 640. The van der Waals surface area contributed by atoms with Gasteiger partial charge in [-0.2, -0.15) is 0 Å². The highest BCUT2D eigenvalue weighted by molar-refractivity contribution is 7.72. The SMILES string of the molecule is S=c1c2ccccc2oc2ccccc12. The highest BCUT2D eigenvalue weighted by Gasteiger charge is 2.02. The molecule has 15 heavy (non-hydrogen) atoms. The minimum Gasteiger partial charge on any atom is -0.456 e. The second-order valence-corrected chi connectivity index (χ2v) is 3.83. The molecule has 0 aliphatic rings. The summed E-state index contributed by atoms with van der Waals surface area (Å²) in [5.41, 5.74) is 1.70. The molecule has 3 rings (SSSR count). The molecule has 2 heteroatoms. The summed E-state index contributed by atoms with van der Waals surface area (Å²) >= 11 is 5.44. The Kier molecular flexibility index (Phi) is 1.82. The van der Waals surface area contributed by atoms with Crippen LogP contribution in [0.5, 0.6) is 0 Å². The molecule has 0 saturated carbocycles. The molecular weight excluding hydrogens is 204 g/mol. The third kappa shape index (κ3) is 1.26. The second kappa shape index (κ2) is 3.17. The number of rotatable bonds is 0. The Labute approximate surface area is 92.0 Å². The van der Waals surface area contributed by atoms with Gasteiger partial charge in [-0.15, -0.1) is 0 Å². The third-order valence-electron chi connectivity index (χ3n) is 2.48. The molecule has 0 spiro atoms. The van der Waals surface area contributed by atoms with Crippen molar-refractivity contribution < 1.29 is 4.42 Å². The van der Waals surface area contributed by atoms with Crippen LogP contribution in [0.4, 0.5) is 0 Å². The van der Waals surface area contributed by atoms with E-state index >= 15 is 0 Å². The van der Waals surface area contributed by atoms with Crippen molar-refractivity contribution in [1.82, 2.24) is 0 Å². The molecule has 0 N–H and O–H groups in total. The van der Waals surface area contributed by atoms with Gasteiger partial charge in [0.05, 0.1) is 4.51 Å². The van der Waals surface area contributed by atoms with Crippen LogP contribution < -0.4 is 0 Å². The van der Waals surface area contributed by atoms with Gasteiger partial charge in [-0.05, 0) is 24.3 Å². The monoisotopic (exact) mass is 212 g/mol. The molecule has 0 amide bonds. The van der Waals surface area contributed by atoms with E-state index in [1.807, 2.05) is 48.5 Å². The molecule has 3 aromatic rings. The van der Waals surface area contributed by atoms with Crippen LogP contribution in [-0.2, 0) is 0 Å². The number of benzene rings is 2. The quantitative estimate of drug-likeness (QED) is 0.407. The van der Waals surface area contributed by atoms with Crippen molar-refractivity contribution in [2.45, 2.75) is 0 Å². The van der Waals surface area contributed by atoms with E-state index in [1.165, 1.54) is 0 Å². The zero-order chi connectivity index (χ0) is 10.3. The maximum atomic E-state index is 5.76. The summed E-state index contributed by atoms with van der Waals surface area (Å²) in [5.74, 6) is 0. The highest BCUT2D eigenvalue weighted by atomic mass is 32.1. The lowest BCUT2D eigenvalue weighted by atomic mass is 10.1. The first-order valence-corrected chi connectivity index (χ1v) is 5.18. The standard InChI is InChI=1S/C13H8OS/c15-13-9-5-1-3-7-11(9)14-12-8-4-2-6-10(12)13/h1-8H. The van der Waals surface area contributed by atoms with E-state index in [0.29, 0.717) is 0 Å². The zero-order valence-electron chi connectivity index (χ0n) is 7.94. The van der Waals surface area contributed by atoms with E-state index in [1.54, 1.807) is 0 Å². The fourth-order valence-corrected chi connectivity index (χ4v) is 2.09. The Morgan fingerprint density at radius 3 is 1.73 bits per heavy atom. The van der Waals surface area contributed by atoms with Crippen LogP contribution in [0.2, 0.25) is 0 Å². The molecule has 0 atom stereocenters. The van der Waals surface area contributed by atoms with Gasteiger partial charge in [0.15, 0.2) is 0 Å². The minimum absolute atomic E-state index is 0.848. The maximum absolute atomic E-state index is 5.76. The molecule has 1 aromatic heterocycles. The lowest BCUT2D eigenvalue weighted by Crippen LogP contribution is -1.77. The van der Waals surface area contributed by atoms with Crippen LogP contribution in [0.3, 0.4) is 0 Å². The summed E-state index contributed by atoms with van der Waals surface area (Å²) < 4.78 is 6.63. The topological polar surface area (TPSA) is 13.1 Å². The van der Waals surface area contributed by atoms with Crippen molar-refractivity contribution in [3.05, 3.63) is 53.0 Å². The summed E-state index contributed by atoms with van der Waals surface area (Å²) in [7, 11) is 0. The van der Waals surface area contributed by atoms with Crippen LogP contribution >= 0.6 is 12.2 Å². The largest absolute Gasteiger partial charge is 0.456 e. The van der Waals surface area contributed by atoms with E-state index in [0.717, 1.165) is 26.4 Å². The number of fused-ring (bicyclic) bond motifs is 2. The van der Waals surface area contributed by atoms with Crippen molar-refractivity contribution in [3.63, 3.8) is 0 Å². The van der Waals surface area contributed by atoms with Gasteiger partial charge in [0.25, 0.3) is 0 Å². The predicted molar refractivity (Wildman–Crippen MR) is 64.6 cm³/mol. The lowest BCUT2D eigenvalue weighted by Gasteiger charge is -2.01. The van der Waals surface area contributed by atoms with Crippen LogP contribution in [-0.4, -0.2) is 0 Å². The first-order valence-electron chi connectivity index (χ1n) is 4.77. The van der Waals surface area contributed by atoms with E-state index < -0.39 is 0 Å². The Hall–Kier alpha value is -1.67. The average Bonchev–Trinajstić information content (AvgIpc) is 2.30. The Balaban J connectivity index is 2.66. The van der Waals surface area contributed by atoms with Gasteiger partial charge >= 0.3 is 0 Å².